The molecule has 0 saturated heterocycles. The molecule has 0 bridgehead atoms. The van der Waals surface area contributed by atoms with Crippen molar-refractivity contribution in [1.29, 1.82) is 0 Å². The number of allylic oxidation sites excluding steroid dienone is 3. The van der Waals surface area contributed by atoms with E-state index in [1.54, 1.807) is 17.8 Å². The molecule has 1 aromatic carbocycles. The average molecular weight is 248 g/mol. The Morgan fingerprint density at radius 2 is 1.53 bits per heavy atom. The first kappa shape index (κ1) is 18.2. The molecule has 17 heavy (non-hydrogen) atoms. The second-order valence-corrected chi connectivity index (χ2v) is 3.57. The lowest BCUT2D eigenvalue weighted by Gasteiger charge is -1.99. The summed E-state index contributed by atoms with van der Waals surface area (Å²) in [6, 6.07) is 10.2. The van der Waals surface area contributed by atoms with E-state index in [9.17, 15) is 0 Å². The van der Waals surface area contributed by atoms with Crippen LogP contribution >= 0.6 is 11.8 Å². The van der Waals surface area contributed by atoms with Crippen molar-refractivity contribution in [3.8, 4) is 0 Å². The zero-order valence-corrected chi connectivity index (χ0v) is 12.3. The van der Waals surface area contributed by atoms with Gasteiger partial charge in [-0.2, -0.15) is 0 Å². The number of thioether (sulfide) groups is 1. The second kappa shape index (κ2) is 14.8. The van der Waals surface area contributed by atoms with E-state index in [4.69, 9.17) is 0 Å². The van der Waals surface area contributed by atoms with Gasteiger partial charge in [0.25, 0.3) is 0 Å². The van der Waals surface area contributed by atoms with E-state index in [-0.39, 0.29) is 0 Å². The van der Waals surface area contributed by atoms with Gasteiger partial charge in [0.05, 0.1) is 0 Å². The maximum absolute atomic E-state index is 3.74. The summed E-state index contributed by atoms with van der Waals surface area (Å²) in [7, 11) is 0. The van der Waals surface area contributed by atoms with Crippen molar-refractivity contribution in [2.45, 2.75) is 32.6 Å². The van der Waals surface area contributed by atoms with Gasteiger partial charge in [0.15, 0.2) is 0 Å². The fourth-order valence-electron chi connectivity index (χ4n) is 0.885. The highest BCUT2D eigenvalue weighted by molar-refractivity contribution is 8.03. The first-order chi connectivity index (χ1) is 8.36. The molecule has 1 rings (SSSR count). The lowest BCUT2D eigenvalue weighted by atomic mass is 10.4. The molecule has 0 amide bonds. The van der Waals surface area contributed by atoms with E-state index < -0.39 is 0 Å². The van der Waals surface area contributed by atoms with Crippen LogP contribution in [-0.4, -0.2) is 0 Å². The Hall–Kier alpha value is -1.21. The first-order valence-electron chi connectivity index (χ1n) is 6.05. The van der Waals surface area contributed by atoms with Crippen LogP contribution in [0.2, 0.25) is 0 Å². The molecule has 1 heteroatoms. The minimum atomic E-state index is 1.11. The van der Waals surface area contributed by atoms with Crippen LogP contribution in [0.3, 0.4) is 0 Å². The first-order valence-corrected chi connectivity index (χ1v) is 6.86. The largest absolute Gasteiger partial charge is 0.0990 e. The van der Waals surface area contributed by atoms with E-state index in [1.165, 1.54) is 4.90 Å². The molecule has 0 heterocycles. The number of hydrogen-bond acceptors (Lipinski definition) is 1. The highest BCUT2D eigenvalue weighted by Gasteiger charge is 1.93. The molecule has 0 aliphatic rings. The molecule has 1 aromatic rings. The van der Waals surface area contributed by atoms with Crippen LogP contribution in [0, 0.1) is 0 Å². The highest BCUT2D eigenvalue weighted by atomic mass is 32.2. The van der Waals surface area contributed by atoms with Crippen molar-refractivity contribution >= 4 is 11.8 Å². The molecule has 0 N–H and O–H groups in total. The maximum atomic E-state index is 3.74. The van der Waals surface area contributed by atoms with Crippen LogP contribution in [0.25, 0.3) is 0 Å². The van der Waals surface area contributed by atoms with E-state index in [1.807, 2.05) is 58.0 Å². The molecular formula is C16H24S. The number of benzene rings is 1. The summed E-state index contributed by atoms with van der Waals surface area (Å²) >= 11 is 1.69. The molecule has 0 saturated carbocycles. The van der Waals surface area contributed by atoms with Gasteiger partial charge in [-0.3, -0.25) is 0 Å². The predicted octanol–water partition coefficient (Wildman–Crippen LogP) is 6.09. The van der Waals surface area contributed by atoms with Gasteiger partial charge in [-0.05, 0) is 18.2 Å². The van der Waals surface area contributed by atoms with Crippen LogP contribution in [-0.2, 0) is 0 Å². The summed E-state index contributed by atoms with van der Waals surface area (Å²) in [5, 5.41) is 0. The van der Waals surface area contributed by atoms with Crippen LogP contribution in [0.1, 0.15) is 27.7 Å². The van der Waals surface area contributed by atoms with Gasteiger partial charge in [-0.25, -0.2) is 0 Å². The fraction of sp³-hybridized carbons (Fsp3) is 0.250. The molecule has 94 valence electrons. The number of hydrogen-bond donors (Lipinski definition) is 0. The fourth-order valence-corrected chi connectivity index (χ4v) is 1.70. The topological polar surface area (TPSA) is 0 Å². The minimum absolute atomic E-state index is 1.11. The number of rotatable bonds is 4. The van der Waals surface area contributed by atoms with Gasteiger partial charge in [0.1, 0.15) is 0 Å². The Balaban J connectivity index is 0. The summed E-state index contributed by atoms with van der Waals surface area (Å²) in [6.07, 6.45) is 5.55. The SMILES string of the molecule is C=C/C=C(\C=C)Sc1ccccc1.CC.CC. The maximum Gasteiger partial charge on any atom is 0.0122 e. The van der Waals surface area contributed by atoms with Crippen molar-refractivity contribution in [1.82, 2.24) is 0 Å². The van der Waals surface area contributed by atoms with Crippen molar-refractivity contribution in [3.63, 3.8) is 0 Å². The Morgan fingerprint density at radius 3 is 1.94 bits per heavy atom. The van der Waals surface area contributed by atoms with Gasteiger partial charge in [0, 0.05) is 9.80 Å². The van der Waals surface area contributed by atoms with Gasteiger partial charge in [0.2, 0.25) is 0 Å². The normalized spacial score (nSPS) is 9.06. The molecule has 0 nitrogen and oxygen atoms in total. The van der Waals surface area contributed by atoms with Gasteiger partial charge in [-0.1, -0.05) is 83.0 Å². The van der Waals surface area contributed by atoms with Crippen molar-refractivity contribution < 1.29 is 0 Å². The third kappa shape index (κ3) is 9.70. The van der Waals surface area contributed by atoms with E-state index in [0.717, 1.165) is 4.91 Å². The van der Waals surface area contributed by atoms with Crippen molar-refractivity contribution in [2.75, 3.05) is 0 Å². The van der Waals surface area contributed by atoms with E-state index in [2.05, 4.69) is 25.3 Å². The molecule has 0 aliphatic carbocycles. The summed E-state index contributed by atoms with van der Waals surface area (Å²) < 4.78 is 0. The molecular weight excluding hydrogens is 224 g/mol. The molecule has 0 unspecified atom stereocenters. The van der Waals surface area contributed by atoms with Crippen LogP contribution in [0.4, 0.5) is 0 Å². The molecule has 0 spiro atoms. The van der Waals surface area contributed by atoms with Gasteiger partial charge >= 0.3 is 0 Å². The molecule has 0 radical (unpaired) electrons. The Bertz CT molecular complexity index is 310. The molecule has 0 aromatic heterocycles. The minimum Gasteiger partial charge on any atom is -0.0990 e. The van der Waals surface area contributed by atoms with Crippen LogP contribution in [0.15, 0.2) is 71.5 Å². The monoisotopic (exact) mass is 248 g/mol. The van der Waals surface area contributed by atoms with Gasteiger partial charge in [-0.15, -0.1) is 0 Å². The van der Waals surface area contributed by atoms with Crippen molar-refractivity contribution in [2.24, 2.45) is 0 Å². The Labute approximate surface area is 111 Å². The van der Waals surface area contributed by atoms with Crippen molar-refractivity contribution in [3.05, 3.63) is 66.6 Å². The summed E-state index contributed by atoms with van der Waals surface area (Å²) in [5.74, 6) is 0. The lowest BCUT2D eigenvalue weighted by molar-refractivity contribution is 1.47. The summed E-state index contributed by atoms with van der Waals surface area (Å²) in [5.41, 5.74) is 0. The molecule has 0 atom stereocenters. The third-order valence-corrected chi connectivity index (χ3v) is 2.51. The average Bonchev–Trinajstić information content (AvgIpc) is 2.44. The smallest absolute Gasteiger partial charge is 0.0122 e. The third-order valence-electron chi connectivity index (χ3n) is 1.46. The summed E-state index contributed by atoms with van der Waals surface area (Å²) in [6.45, 7) is 15.4. The second-order valence-electron chi connectivity index (χ2n) is 2.42. The quantitative estimate of drug-likeness (QED) is 0.459. The van der Waals surface area contributed by atoms with Gasteiger partial charge < -0.3 is 0 Å². The zero-order valence-electron chi connectivity index (χ0n) is 11.4. The van der Waals surface area contributed by atoms with Crippen LogP contribution in [0.5, 0.6) is 0 Å². The predicted molar refractivity (Wildman–Crippen MR) is 83.5 cm³/mol. The summed E-state index contributed by atoms with van der Waals surface area (Å²) in [4.78, 5) is 2.33. The van der Waals surface area contributed by atoms with E-state index in [0.29, 0.717) is 0 Å². The van der Waals surface area contributed by atoms with E-state index >= 15 is 0 Å². The zero-order chi connectivity index (χ0) is 13.5. The Morgan fingerprint density at radius 1 is 1.00 bits per heavy atom. The lowest BCUT2D eigenvalue weighted by Crippen LogP contribution is -1.71. The molecule has 0 fully saturated rings. The van der Waals surface area contributed by atoms with Crippen LogP contribution < -0.4 is 0 Å². The Kier molecular flexibility index (Phi) is 15.8. The standard InChI is InChI=1S/C12H12S.2C2H6/c1-3-8-11(4-2)13-12-9-6-5-7-10-12;2*1-2/h3-10H,1-2H2;2*1-2H3/b11-8+;;. The highest BCUT2D eigenvalue weighted by Crippen LogP contribution is 2.26. The molecule has 0 aliphatic heterocycles.